The number of aromatic amines is 1. The predicted octanol–water partition coefficient (Wildman–Crippen LogP) is 6.61. The number of anilines is 1. The van der Waals surface area contributed by atoms with Crippen molar-refractivity contribution in [2.24, 2.45) is 0 Å². The molecule has 4 rings (SSSR count). The Hall–Kier alpha value is -2.52. The number of H-pyrrole nitrogens is 1. The topological polar surface area (TPSA) is 31.1 Å². The number of nitrogens with one attached hydrogen (secondary N) is 2. The van der Waals surface area contributed by atoms with Crippen LogP contribution in [0.2, 0.25) is 0 Å². The molecule has 1 aromatic heterocycles. The fourth-order valence-corrected chi connectivity index (χ4v) is 4.19. The van der Waals surface area contributed by atoms with Crippen LogP contribution in [0.5, 0.6) is 0 Å². The van der Waals surface area contributed by atoms with E-state index in [4.69, 9.17) is 0 Å². The van der Waals surface area contributed by atoms with Crippen LogP contribution in [0.3, 0.4) is 0 Å². The quantitative estimate of drug-likeness (QED) is 0.526. The molecule has 3 heteroatoms. The molecule has 0 bridgehead atoms. The Morgan fingerprint density at radius 1 is 1.14 bits per heavy atom. The summed E-state index contributed by atoms with van der Waals surface area (Å²) in [4.78, 5) is 6.27. The molecule has 0 saturated carbocycles. The summed E-state index contributed by atoms with van der Waals surface area (Å²) in [6.07, 6.45) is 6.82. The van der Waals surface area contributed by atoms with E-state index in [2.05, 4.69) is 82.8 Å². The van der Waals surface area contributed by atoms with Crippen molar-refractivity contribution in [3.05, 3.63) is 71.4 Å². The molecule has 3 nitrogen and oxygen atoms in total. The highest BCUT2D eigenvalue weighted by atomic mass is 15.2. The van der Waals surface area contributed by atoms with Gasteiger partial charge < -0.3 is 10.3 Å². The molecule has 1 aliphatic heterocycles. The molecule has 1 unspecified atom stereocenters. The maximum atomic E-state index is 3.65. The second-order valence-electron chi connectivity index (χ2n) is 7.07. The fraction of sp³-hybridized carbons (Fsp3) is 0.360. The van der Waals surface area contributed by atoms with Crippen LogP contribution < -0.4 is 5.32 Å². The van der Waals surface area contributed by atoms with Crippen molar-refractivity contribution in [3.8, 4) is 0 Å². The second-order valence-corrected chi connectivity index (χ2v) is 7.07. The summed E-state index contributed by atoms with van der Waals surface area (Å²) in [5, 5.41) is 4.64. The van der Waals surface area contributed by atoms with E-state index in [0.29, 0.717) is 6.04 Å². The minimum Gasteiger partial charge on any atom is -0.388 e. The lowest BCUT2D eigenvalue weighted by Crippen LogP contribution is -2.23. The van der Waals surface area contributed by atoms with Crippen molar-refractivity contribution in [2.45, 2.75) is 46.2 Å². The number of rotatable bonds is 5. The Morgan fingerprint density at radius 2 is 1.96 bits per heavy atom. The van der Waals surface area contributed by atoms with Crippen LogP contribution in [0.4, 0.5) is 5.69 Å². The molecule has 0 spiro atoms. The monoisotopic (exact) mass is 375 g/mol. The second kappa shape index (κ2) is 9.61. The lowest BCUT2D eigenvalue weighted by atomic mass is 10.0. The van der Waals surface area contributed by atoms with Gasteiger partial charge in [0, 0.05) is 36.1 Å². The number of likely N-dealkylation sites (tertiary alicyclic amines) is 1. The van der Waals surface area contributed by atoms with Gasteiger partial charge in [0.1, 0.15) is 0 Å². The Bertz CT molecular complexity index is 889. The Labute approximate surface area is 169 Å². The third-order valence-electron chi connectivity index (χ3n) is 5.45. The summed E-state index contributed by atoms with van der Waals surface area (Å²) in [6, 6.07) is 17.9. The highest BCUT2D eigenvalue weighted by Gasteiger charge is 2.27. The van der Waals surface area contributed by atoms with E-state index < -0.39 is 0 Å². The van der Waals surface area contributed by atoms with Crippen LogP contribution >= 0.6 is 0 Å². The van der Waals surface area contributed by atoms with E-state index in [1.807, 2.05) is 20.9 Å². The third kappa shape index (κ3) is 4.15. The van der Waals surface area contributed by atoms with Crippen molar-refractivity contribution in [1.82, 2.24) is 9.88 Å². The molecule has 1 fully saturated rings. The number of fused-ring (bicyclic) bond motifs is 1. The van der Waals surface area contributed by atoms with Crippen molar-refractivity contribution in [3.63, 3.8) is 0 Å². The van der Waals surface area contributed by atoms with Gasteiger partial charge in [-0.3, -0.25) is 4.90 Å². The molecule has 148 valence electrons. The first-order valence-electron chi connectivity index (χ1n) is 10.5. The average molecular weight is 376 g/mol. The largest absolute Gasteiger partial charge is 0.388 e. The molecular formula is C25H33N3. The van der Waals surface area contributed by atoms with Crippen molar-refractivity contribution in [2.75, 3.05) is 18.9 Å². The summed E-state index contributed by atoms with van der Waals surface area (Å²) in [5.74, 6) is 0. The van der Waals surface area contributed by atoms with E-state index in [0.717, 1.165) is 13.1 Å². The molecule has 2 N–H and O–H groups in total. The van der Waals surface area contributed by atoms with E-state index in [9.17, 15) is 0 Å². The van der Waals surface area contributed by atoms with Gasteiger partial charge in [-0.1, -0.05) is 56.3 Å². The predicted molar refractivity (Wildman–Crippen MR) is 123 cm³/mol. The smallest absolute Gasteiger partial charge is 0.0502 e. The summed E-state index contributed by atoms with van der Waals surface area (Å²) in [5.41, 5.74) is 6.47. The Balaban J connectivity index is 0.00000109. The number of hydrogen-bond acceptors (Lipinski definition) is 2. The van der Waals surface area contributed by atoms with Gasteiger partial charge in [0.2, 0.25) is 0 Å². The zero-order valence-corrected chi connectivity index (χ0v) is 17.6. The summed E-state index contributed by atoms with van der Waals surface area (Å²) >= 11 is 0. The molecule has 2 heterocycles. The third-order valence-corrected chi connectivity index (χ3v) is 5.45. The molecule has 1 saturated heterocycles. The number of hydrogen-bond donors (Lipinski definition) is 2. The van der Waals surface area contributed by atoms with Gasteiger partial charge in [0.25, 0.3) is 0 Å². The minimum atomic E-state index is 0.471. The van der Waals surface area contributed by atoms with Gasteiger partial charge in [0.05, 0.1) is 6.04 Å². The van der Waals surface area contributed by atoms with Crippen LogP contribution in [0.15, 0.2) is 54.6 Å². The van der Waals surface area contributed by atoms with Gasteiger partial charge >= 0.3 is 0 Å². The summed E-state index contributed by atoms with van der Waals surface area (Å²) in [6.45, 7) is 8.22. The summed E-state index contributed by atoms with van der Waals surface area (Å²) < 4.78 is 0. The number of nitrogens with zero attached hydrogens (tertiary/aromatic N) is 1. The maximum Gasteiger partial charge on any atom is 0.0502 e. The normalized spacial score (nSPS) is 17.1. The lowest BCUT2D eigenvalue weighted by Gasteiger charge is -2.25. The van der Waals surface area contributed by atoms with Gasteiger partial charge in [0.15, 0.2) is 0 Å². The molecule has 1 aliphatic rings. The SMILES string of the molecule is C/C=C/c1c(CN2CCCC2c2cc3ccccc3[nH]2)cccc1NC.CC. The van der Waals surface area contributed by atoms with E-state index in [-0.39, 0.29) is 0 Å². The molecule has 3 aromatic rings. The van der Waals surface area contributed by atoms with E-state index in [1.165, 1.54) is 46.3 Å². The number of para-hydroxylation sites is 1. The van der Waals surface area contributed by atoms with Crippen LogP contribution in [-0.4, -0.2) is 23.5 Å². The summed E-state index contributed by atoms with van der Waals surface area (Å²) in [7, 11) is 2.00. The first-order chi connectivity index (χ1) is 13.8. The first-order valence-corrected chi connectivity index (χ1v) is 10.5. The lowest BCUT2D eigenvalue weighted by molar-refractivity contribution is 0.245. The standard InChI is InChI=1S/C23H27N3.C2H6/c1-3-8-19-18(10-6-12-21(19)24-2)16-26-14-7-13-23(26)22-15-17-9-4-5-11-20(17)25-22;1-2/h3-6,8-12,15,23-25H,7,13-14,16H2,1-2H3;1-2H3/b8-3+;. The van der Waals surface area contributed by atoms with Gasteiger partial charge in [-0.25, -0.2) is 0 Å². The van der Waals surface area contributed by atoms with E-state index >= 15 is 0 Å². The Kier molecular flexibility index (Phi) is 6.94. The van der Waals surface area contributed by atoms with Crippen molar-refractivity contribution in [1.29, 1.82) is 0 Å². The maximum absolute atomic E-state index is 3.65. The fourth-order valence-electron chi connectivity index (χ4n) is 4.19. The van der Waals surface area contributed by atoms with Gasteiger partial charge in [-0.2, -0.15) is 0 Å². The van der Waals surface area contributed by atoms with Gasteiger partial charge in [-0.15, -0.1) is 0 Å². The van der Waals surface area contributed by atoms with Gasteiger partial charge in [-0.05, 0) is 55.5 Å². The zero-order valence-electron chi connectivity index (χ0n) is 17.6. The van der Waals surface area contributed by atoms with Crippen molar-refractivity contribution < 1.29 is 0 Å². The Morgan fingerprint density at radius 3 is 2.71 bits per heavy atom. The van der Waals surface area contributed by atoms with E-state index in [1.54, 1.807) is 0 Å². The zero-order chi connectivity index (χ0) is 19.9. The molecule has 28 heavy (non-hydrogen) atoms. The molecule has 0 aliphatic carbocycles. The number of allylic oxidation sites excluding steroid dienone is 1. The number of benzene rings is 2. The molecule has 0 amide bonds. The van der Waals surface area contributed by atoms with Crippen LogP contribution in [0.1, 0.15) is 56.5 Å². The highest BCUT2D eigenvalue weighted by molar-refractivity contribution is 5.80. The van der Waals surface area contributed by atoms with Crippen LogP contribution in [0, 0.1) is 0 Å². The highest BCUT2D eigenvalue weighted by Crippen LogP contribution is 2.35. The number of aromatic nitrogens is 1. The molecule has 1 atom stereocenters. The first kappa shape index (κ1) is 20.2. The molecule has 0 radical (unpaired) electrons. The molecular weight excluding hydrogens is 342 g/mol. The molecule has 2 aromatic carbocycles. The van der Waals surface area contributed by atoms with Crippen LogP contribution in [0.25, 0.3) is 17.0 Å². The van der Waals surface area contributed by atoms with Crippen molar-refractivity contribution >= 4 is 22.7 Å². The minimum absolute atomic E-state index is 0.471. The average Bonchev–Trinajstić information content (AvgIpc) is 3.37. The van der Waals surface area contributed by atoms with Crippen LogP contribution in [-0.2, 0) is 6.54 Å².